The molecular weight excluding hydrogens is 332 g/mol. The molecule has 0 saturated heterocycles. The van der Waals surface area contributed by atoms with Gasteiger partial charge in [-0.3, -0.25) is 14.6 Å². The van der Waals surface area contributed by atoms with E-state index in [9.17, 15) is 14.7 Å². The first-order chi connectivity index (χ1) is 12.3. The first-order valence-electron chi connectivity index (χ1n) is 9.31. The van der Waals surface area contributed by atoms with E-state index in [1.807, 2.05) is 20.8 Å². The molecule has 1 saturated carbocycles. The van der Waals surface area contributed by atoms with Gasteiger partial charge in [0.05, 0.1) is 22.4 Å². The predicted molar refractivity (Wildman–Crippen MR) is 97.8 cm³/mol. The van der Waals surface area contributed by atoms with Crippen molar-refractivity contribution < 1.29 is 19.2 Å². The van der Waals surface area contributed by atoms with E-state index in [1.54, 1.807) is 0 Å². The maximum atomic E-state index is 12.4. The van der Waals surface area contributed by atoms with Crippen LogP contribution in [0.5, 0.6) is 0 Å². The molecule has 0 unspecified atom stereocenters. The van der Waals surface area contributed by atoms with Gasteiger partial charge in [0.15, 0.2) is 11.6 Å². The summed E-state index contributed by atoms with van der Waals surface area (Å²) >= 11 is 0. The highest BCUT2D eigenvalue weighted by Gasteiger charge is 2.29. The van der Waals surface area contributed by atoms with Crippen molar-refractivity contribution in [3.63, 3.8) is 0 Å². The van der Waals surface area contributed by atoms with Gasteiger partial charge in [-0.2, -0.15) is 0 Å². The number of aromatic nitrogens is 1. The van der Waals surface area contributed by atoms with E-state index >= 15 is 0 Å². The number of aliphatic hydroxyl groups excluding tert-OH is 1. The quantitative estimate of drug-likeness (QED) is 0.653. The number of carbonyl (C=O) groups is 2. The summed E-state index contributed by atoms with van der Waals surface area (Å²) in [5.41, 5.74) is 1.89. The monoisotopic (exact) mass is 358 g/mol. The van der Waals surface area contributed by atoms with Crippen molar-refractivity contribution in [2.45, 2.75) is 77.7 Å². The van der Waals surface area contributed by atoms with Crippen LogP contribution in [0.2, 0.25) is 0 Å². The lowest BCUT2D eigenvalue weighted by Crippen LogP contribution is -2.25. The van der Waals surface area contributed by atoms with Gasteiger partial charge >= 0.3 is 0 Å². The Morgan fingerprint density at radius 2 is 1.81 bits per heavy atom. The summed E-state index contributed by atoms with van der Waals surface area (Å²) in [5.74, 6) is 0.679. The molecule has 1 N–H and O–H groups in total. The fraction of sp³-hybridized carbons (Fsp3) is 0.600. The molecule has 1 fully saturated rings. The van der Waals surface area contributed by atoms with Gasteiger partial charge in [0.2, 0.25) is 0 Å². The van der Waals surface area contributed by atoms with E-state index in [0.717, 1.165) is 19.3 Å². The Morgan fingerprint density at radius 1 is 1.12 bits per heavy atom. The van der Waals surface area contributed by atoms with Crippen molar-refractivity contribution in [1.82, 2.24) is 5.16 Å². The molecule has 1 aromatic heterocycles. The molecule has 0 atom stereocenters. The first-order valence-corrected chi connectivity index (χ1v) is 9.31. The molecule has 0 aliphatic heterocycles. The van der Waals surface area contributed by atoms with Crippen molar-refractivity contribution in [3.05, 3.63) is 28.3 Å². The van der Waals surface area contributed by atoms with Gasteiger partial charge in [0.25, 0.3) is 0 Å². The number of nitrogens with zero attached hydrogens (tertiary/aromatic N) is 2. The maximum Gasteiger partial charge on any atom is 0.168 e. The molecule has 140 valence electrons. The third-order valence-corrected chi connectivity index (χ3v) is 4.66. The molecule has 0 radical (unpaired) electrons. The number of fused-ring (bicyclic) bond motifs is 1. The number of Topliss-reactive ketones (excluding diaryl/α,β-unsaturated/α-hetero) is 2. The number of aliphatic imine (C=N–C) groups is 1. The van der Waals surface area contributed by atoms with Crippen LogP contribution in [0, 0.1) is 0 Å². The molecule has 2 aliphatic carbocycles. The number of allylic oxidation sites excluding steroid dienone is 2. The Labute approximate surface area is 153 Å². The number of carbonyl (C=O) groups excluding carboxylic acids is 2. The van der Waals surface area contributed by atoms with Gasteiger partial charge in [-0.1, -0.05) is 5.16 Å². The summed E-state index contributed by atoms with van der Waals surface area (Å²) in [4.78, 5) is 29.2. The molecule has 0 spiro atoms. The third-order valence-electron chi connectivity index (χ3n) is 4.66. The zero-order valence-electron chi connectivity index (χ0n) is 15.7. The molecule has 3 rings (SSSR count). The smallest absolute Gasteiger partial charge is 0.168 e. The first kappa shape index (κ1) is 18.5. The topological polar surface area (TPSA) is 92.8 Å². The van der Waals surface area contributed by atoms with E-state index in [-0.39, 0.29) is 29.3 Å². The highest BCUT2D eigenvalue weighted by atomic mass is 16.5. The van der Waals surface area contributed by atoms with Crippen molar-refractivity contribution in [3.8, 4) is 0 Å². The van der Waals surface area contributed by atoms with Crippen LogP contribution in [0.25, 0.3) is 0 Å². The Morgan fingerprint density at radius 3 is 2.54 bits per heavy atom. The van der Waals surface area contributed by atoms with E-state index in [4.69, 9.17) is 4.52 Å². The van der Waals surface area contributed by atoms with Crippen molar-refractivity contribution in [1.29, 1.82) is 0 Å². The molecule has 2 aliphatic rings. The minimum absolute atomic E-state index is 0.0395. The van der Waals surface area contributed by atoms with Crippen LogP contribution < -0.4 is 0 Å². The molecule has 0 amide bonds. The maximum absolute atomic E-state index is 12.4. The summed E-state index contributed by atoms with van der Waals surface area (Å²) in [6.07, 6.45) is 4.52. The predicted octanol–water partition coefficient (Wildman–Crippen LogP) is 3.93. The summed E-state index contributed by atoms with van der Waals surface area (Å²) in [6.45, 7) is 5.92. The lowest BCUT2D eigenvalue weighted by molar-refractivity contribution is -0.115. The van der Waals surface area contributed by atoms with Gasteiger partial charge in [-0.25, -0.2) is 0 Å². The largest absolute Gasteiger partial charge is 0.511 e. The Hall–Kier alpha value is -2.24. The number of aryl methyl sites for hydroxylation is 2. The van der Waals surface area contributed by atoms with Gasteiger partial charge in [-0.15, -0.1) is 0 Å². The molecular formula is C20H26N2O4. The van der Waals surface area contributed by atoms with E-state index < -0.39 is 0 Å². The number of hydrogen-bond donors (Lipinski definition) is 1. The van der Waals surface area contributed by atoms with E-state index in [2.05, 4.69) is 10.1 Å². The number of hydrogen-bond acceptors (Lipinski definition) is 6. The van der Waals surface area contributed by atoms with Crippen LogP contribution >= 0.6 is 0 Å². The second kappa shape index (κ2) is 7.17. The lowest BCUT2D eigenvalue weighted by Gasteiger charge is -2.22. The zero-order chi connectivity index (χ0) is 18.9. The SMILES string of the molecule is CC(C)(C)N=C1CCCC(=O)/C1=C(\O)CCc1noc2c1C(=O)CCC2. The Balaban J connectivity index is 1.84. The standard InChI is InChI=1S/C20H26N2O4/c1-20(2,3)21-12-6-4-7-14(23)18(12)16(25)11-10-13-19-15(24)8-5-9-17(19)26-22-13/h25H,4-11H2,1-3H3/b18-16-,21-12?. The van der Waals surface area contributed by atoms with Crippen molar-refractivity contribution in [2.75, 3.05) is 0 Å². The third kappa shape index (κ3) is 3.94. The second-order valence-corrected chi connectivity index (χ2v) is 8.03. The summed E-state index contributed by atoms with van der Waals surface area (Å²) in [6, 6.07) is 0. The van der Waals surface area contributed by atoms with Crippen LogP contribution in [0.15, 0.2) is 20.8 Å². The number of aliphatic hydroxyl groups is 1. The van der Waals surface area contributed by atoms with Crippen LogP contribution in [0.4, 0.5) is 0 Å². The van der Waals surface area contributed by atoms with Gasteiger partial charge in [-0.05, 0) is 40.0 Å². The fourth-order valence-electron chi connectivity index (χ4n) is 3.59. The molecule has 6 nitrogen and oxygen atoms in total. The molecule has 1 heterocycles. The molecule has 6 heteroatoms. The Bertz CT molecular complexity index is 793. The van der Waals surface area contributed by atoms with Gasteiger partial charge in [0.1, 0.15) is 11.5 Å². The average molecular weight is 358 g/mol. The van der Waals surface area contributed by atoms with Crippen molar-refractivity contribution in [2.24, 2.45) is 4.99 Å². The molecule has 1 aromatic rings. The highest BCUT2D eigenvalue weighted by Crippen LogP contribution is 2.28. The highest BCUT2D eigenvalue weighted by molar-refractivity contribution is 6.24. The minimum Gasteiger partial charge on any atom is -0.511 e. The fourth-order valence-corrected chi connectivity index (χ4v) is 3.59. The average Bonchev–Trinajstić information content (AvgIpc) is 2.96. The summed E-state index contributed by atoms with van der Waals surface area (Å²) in [5, 5.41) is 14.6. The molecule has 0 bridgehead atoms. The lowest BCUT2D eigenvalue weighted by atomic mass is 9.88. The van der Waals surface area contributed by atoms with E-state index in [0.29, 0.717) is 54.0 Å². The van der Waals surface area contributed by atoms with Crippen LogP contribution in [0.3, 0.4) is 0 Å². The number of ketones is 2. The molecule has 26 heavy (non-hydrogen) atoms. The second-order valence-electron chi connectivity index (χ2n) is 8.03. The summed E-state index contributed by atoms with van der Waals surface area (Å²) < 4.78 is 5.28. The van der Waals surface area contributed by atoms with Crippen LogP contribution in [0.1, 0.15) is 81.1 Å². The Kier molecular flexibility index (Phi) is 5.12. The van der Waals surface area contributed by atoms with Gasteiger partial charge < -0.3 is 9.63 Å². The zero-order valence-corrected chi connectivity index (χ0v) is 15.7. The minimum atomic E-state index is -0.309. The normalized spacial score (nSPS) is 21.9. The van der Waals surface area contributed by atoms with Crippen molar-refractivity contribution >= 4 is 17.3 Å². The number of rotatable bonds is 3. The van der Waals surface area contributed by atoms with Crippen LogP contribution in [-0.4, -0.2) is 33.1 Å². The molecule has 0 aromatic carbocycles. The van der Waals surface area contributed by atoms with Crippen LogP contribution in [-0.2, 0) is 17.6 Å². The summed E-state index contributed by atoms with van der Waals surface area (Å²) in [7, 11) is 0. The van der Waals surface area contributed by atoms with E-state index in [1.165, 1.54) is 0 Å². The van der Waals surface area contributed by atoms with Gasteiger partial charge in [0, 0.05) is 37.8 Å².